The van der Waals surface area contributed by atoms with Crippen molar-refractivity contribution in [2.45, 2.75) is 6.92 Å². The van der Waals surface area contributed by atoms with Gasteiger partial charge in [0, 0.05) is 5.02 Å². The van der Waals surface area contributed by atoms with Crippen molar-refractivity contribution < 1.29 is 4.42 Å². The van der Waals surface area contributed by atoms with Crippen molar-refractivity contribution in [1.82, 2.24) is 0 Å². The second-order valence-electron chi connectivity index (χ2n) is 3.18. The molecule has 0 aliphatic carbocycles. The van der Waals surface area contributed by atoms with Gasteiger partial charge in [-0.2, -0.15) is 0 Å². The minimum Gasteiger partial charge on any atom is -0.460 e. The molecular formula is C12H10ClNO. The van der Waals surface area contributed by atoms with Crippen LogP contribution in [0.4, 0.5) is 5.69 Å². The molecule has 0 fully saturated rings. The maximum absolute atomic E-state index is 5.76. The van der Waals surface area contributed by atoms with Crippen molar-refractivity contribution >= 4 is 23.5 Å². The van der Waals surface area contributed by atoms with Crippen LogP contribution >= 0.6 is 11.6 Å². The second-order valence-corrected chi connectivity index (χ2v) is 3.62. The van der Waals surface area contributed by atoms with Gasteiger partial charge in [0.2, 0.25) is 0 Å². The molecule has 2 aromatic rings. The van der Waals surface area contributed by atoms with Crippen LogP contribution in [0.5, 0.6) is 0 Å². The molecule has 2 nitrogen and oxygen atoms in total. The number of nitrogens with zero attached hydrogens (tertiary/aromatic N) is 1. The SMILES string of the molecule is Cc1ccc(/C=N/c2ccc(Cl)cc2)o1. The van der Waals surface area contributed by atoms with E-state index in [0.717, 1.165) is 17.2 Å². The van der Waals surface area contributed by atoms with Crippen molar-refractivity contribution in [1.29, 1.82) is 0 Å². The predicted octanol–water partition coefficient (Wildman–Crippen LogP) is 3.99. The highest BCUT2D eigenvalue weighted by Gasteiger charge is 1.93. The molecule has 3 heteroatoms. The van der Waals surface area contributed by atoms with E-state index in [4.69, 9.17) is 16.0 Å². The Morgan fingerprint density at radius 1 is 1.13 bits per heavy atom. The molecule has 0 aliphatic heterocycles. The Balaban J connectivity index is 2.14. The van der Waals surface area contributed by atoms with E-state index in [2.05, 4.69) is 4.99 Å². The number of aryl methyl sites for hydroxylation is 1. The minimum atomic E-state index is 0.711. The summed E-state index contributed by atoms with van der Waals surface area (Å²) < 4.78 is 5.35. The summed E-state index contributed by atoms with van der Waals surface area (Å²) in [5.41, 5.74) is 0.855. The number of rotatable bonds is 2. The van der Waals surface area contributed by atoms with Gasteiger partial charge in [-0.25, -0.2) is 0 Å². The van der Waals surface area contributed by atoms with Crippen LogP contribution in [0.2, 0.25) is 5.02 Å². The summed E-state index contributed by atoms with van der Waals surface area (Å²) >= 11 is 5.76. The Morgan fingerprint density at radius 2 is 1.87 bits per heavy atom. The van der Waals surface area contributed by atoms with Gasteiger partial charge in [-0.3, -0.25) is 4.99 Å². The number of furan rings is 1. The Morgan fingerprint density at radius 3 is 2.47 bits per heavy atom. The van der Waals surface area contributed by atoms with Gasteiger partial charge in [0.15, 0.2) is 0 Å². The van der Waals surface area contributed by atoms with E-state index in [1.807, 2.05) is 43.3 Å². The largest absolute Gasteiger partial charge is 0.460 e. The lowest BCUT2D eigenvalue weighted by Gasteiger charge is -1.92. The summed E-state index contributed by atoms with van der Waals surface area (Å²) in [5, 5.41) is 0.711. The van der Waals surface area contributed by atoms with E-state index < -0.39 is 0 Å². The third kappa shape index (κ3) is 2.70. The van der Waals surface area contributed by atoms with E-state index >= 15 is 0 Å². The average molecular weight is 220 g/mol. The molecule has 0 N–H and O–H groups in total. The average Bonchev–Trinajstić information content (AvgIpc) is 2.64. The highest BCUT2D eigenvalue weighted by Crippen LogP contribution is 2.16. The normalized spacial score (nSPS) is 11.1. The van der Waals surface area contributed by atoms with Crippen molar-refractivity contribution in [2.24, 2.45) is 4.99 Å². The fourth-order valence-corrected chi connectivity index (χ4v) is 1.31. The smallest absolute Gasteiger partial charge is 0.145 e. The molecule has 0 bridgehead atoms. The number of benzene rings is 1. The van der Waals surface area contributed by atoms with Gasteiger partial charge in [0.05, 0.1) is 11.9 Å². The first-order valence-electron chi connectivity index (χ1n) is 4.60. The lowest BCUT2D eigenvalue weighted by molar-refractivity contribution is 0.528. The summed E-state index contributed by atoms with van der Waals surface area (Å²) in [7, 11) is 0. The molecule has 0 atom stereocenters. The molecule has 0 amide bonds. The lowest BCUT2D eigenvalue weighted by Crippen LogP contribution is -1.73. The van der Waals surface area contributed by atoms with Gasteiger partial charge in [-0.15, -0.1) is 0 Å². The fourth-order valence-electron chi connectivity index (χ4n) is 1.19. The molecule has 0 aliphatic rings. The summed E-state index contributed by atoms with van der Waals surface area (Å²) in [4.78, 5) is 4.25. The molecule has 1 aromatic heterocycles. The zero-order valence-electron chi connectivity index (χ0n) is 8.27. The molecule has 76 valence electrons. The maximum atomic E-state index is 5.76. The summed E-state index contributed by atoms with van der Waals surface area (Å²) in [6.45, 7) is 1.90. The Hall–Kier alpha value is -1.54. The molecular weight excluding hydrogens is 210 g/mol. The maximum Gasteiger partial charge on any atom is 0.145 e. The molecule has 15 heavy (non-hydrogen) atoms. The molecule has 0 radical (unpaired) electrons. The van der Waals surface area contributed by atoms with Crippen LogP contribution in [-0.2, 0) is 0 Å². The number of hydrogen-bond donors (Lipinski definition) is 0. The zero-order chi connectivity index (χ0) is 10.7. The van der Waals surface area contributed by atoms with E-state index in [1.54, 1.807) is 6.21 Å². The van der Waals surface area contributed by atoms with Crippen molar-refractivity contribution in [3.8, 4) is 0 Å². The molecule has 0 spiro atoms. The van der Waals surface area contributed by atoms with Gasteiger partial charge in [-0.1, -0.05) is 11.6 Å². The van der Waals surface area contributed by atoms with Crippen LogP contribution in [0.15, 0.2) is 45.8 Å². The fraction of sp³-hybridized carbons (Fsp3) is 0.0833. The van der Waals surface area contributed by atoms with E-state index in [1.165, 1.54) is 0 Å². The quantitative estimate of drug-likeness (QED) is 0.701. The molecule has 0 saturated carbocycles. The second kappa shape index (κ2) is 4.32. The number of hydrogen-bond acceptors (Lipinski definition) is 2. The summed E-state index contributed by atoms with van der Waals surface area (Å²) in [6, 6.07) is 11.1. The van der Waals surface area contributed by atoms with Crippen LogP contribution < -0.4 is 0 Å². The Bertz CT molecular complexity index is 471. The standard InChI is InChI=1S/C12H10ClNO/c1-9-2-7-12(15-9)8-14-11-5-3-10(13)4-6-11/h2-8H,1H3/b14-8+. The van der Waals surface area contributed by atoms with Gasteiger partial charge in [-0.05, 0) is 43.3 Å². The van der Waals surface area contributed by atoms with Gasteiger partial charge < -0.3 is 4.42 Å². The van der Waals surface area contributed by atoms with E-state index in [0.29, 0.717) is 5.02 Å². The van der Waals surface area contributed by atoms with E-state index in [-0.39, 0.29) is 0 Å². The topological polar surface area (TPSA) is 25.5 Å². The minimum absolute atomic E-state index is 0.711. The van der Waals surface area contributed by atoms with Gasteiger partial charge in [0.1, 0.15) is 11.5 Å². The third-order valence-electron chi connectivity index (χ3n) is 1.93. The van der Waals surface area contributed by atoms with Crippen molar-refractivity contribution in [3.63, 3.8) is 0 Å². The molecule has 1 aromatic carbocycles. The van der Waals surface area contributed by atoms with E-state index in [9.17, 15) is 0 Å². The third-order valence-corrected chi connectivity index (χ3v) is 2.18. The monoisotopic (exact) mass is 219 g/mol. The highest BCUT2D eigenvalue weighted by atomic mass is 35.5. The van der Waals surface area contributed by atoms with Crippen molar-refractivity contribution in [2.75, 3.05) is 0 Å². The van der Waals surface area contributed by atoms with Gasteiger partial charge >= 0.3 is 0 Å². The predicted molar refractivity (Wildman–Crippen MR) is 62.2 cm³/mol. The zero-order valence-corrected chi connectivity index (χ0v) is 9.03. The first-order valence-corrected chi connectivity index (χ1v) is 4.98. The molecule has 1 heterocycles. The van der Waals surface area contributed by atoms with Crippen LogP contribution in [0.25, 0.3) is 0 Å². The van der Waals surface area contributed by atoms with Crippen LogP contribution in [0, 0.1) is 6.92 Å². The summed E-state index contributed by atoms with van der Waals surface area (Å²) in [5.74, 6) is 1.63. The van der Waals surface area contributed by atoms with Crippen LogP contribution in [0.1, 0.15) is 11.5 Å². The van der Waals surface area contributed by atoms with Gasteiger partial charge in [0.25, 0.3) is 0 Å². The van der Waals surface area contributed by atoms with Crippen molar-refractivity contribution in [3.05, 3.63) is 52.9 Å². The van der Waals surface area contributed by atoms with Crippen LogP contribution in [-0.4, -0.2) is 6.21 Å². The lowest BCUT2D eigenvalue weighted by atomic mass is 10.3. The first kappa shape index (κ1) is 9.99. The molecule has 2 rings (SSSR count). The number of aliphatic imine (C=N–C) groups is 1. The summed E-state index contributed by atoms with van der Waals surface area (Å²) in [6.07, 6.45) is 1.69. The molecule has 0 unspecified atom stereocenters. The first-order chi connectivity index (χ1) is 7.24. The highest BCUT2D eigenvalue weighted by molar-refractivity contribution is 6.30. The van der Waals surface area contributed by atoms with Crippen LogP contribution in [0.3, 0.4) is 0 Å². The number of halogens is 1. The Kier molecular flexibility index (Phi) is 2.88. The molecule has 0 saturated heterocycles. The Labute approximate surface area is 93.2 Å².